The van der Waals surface area contributed by atoms with E-state index in [1.54, 1.807) is 24.3 Å². The normalized spacial score (nSPS) is 12.7. The zero-order valence-corrected chi connectivity index (χ0v) is 17.4. The lowest BCUT2D eigenvalue weighted by Crippen LogP contribution is -2.29. The number of Topliss-reactive ketones (excluding diaryl/α,β-unsaturated/α-hetero) is 1. The van der Waals surface area contributed by atoms with Crippen molar-refractivity contribution in [2.75, 3.05) is 26.1 Å². The predicted molar refractivity (Wildman–Crippen MR) is 112 cm³/mol. The standard InChI is InChI=1S/C20H20N4O6S/c1-21-19(27)17-15-16(23-24-17)13(25)10-14(18(15)26)31-9-5-8-29-11-22-20(28)30-12-6-3-2-4-7-12/h2-4,6-7,10H,5,8-9,11H2,1H3,(H,21,27)(H,22,28)(H,23,24). The number of ether oxygens (including phenoxy) is 2. The second-order valence-electron chi connectivity index (χ2n) is 6.24. The van der Waals surface area contributed by atoms with Gasteiger partial charge < -0.3 is 14.8 Å². The van der Waals surface area contributed by atoms with Gasteiger partial charge in [0.2, 0.25) is 11.6 Å². The number of hydrogen-bond acceptors (Lipinski definition) is 8. The molecule has 162 valence electrons. The number of aromatic nitrogens is 2. The summed E-state index contributed by atoms with van der Waals surface area (Å²) >= 11 is 1.20. The van der Waals surface area contributed by atoms with Crippen molar-refractivity contribution >= 4 is 35.3 Å². The number of allylic oxidation sites excluding steroid dienone is 2. The zero-order valence-electron chi connectivity index (χ0n) is 16.6. The molecule has 0 fully saturated rings. The Bertz CT molecular complexity index is 1020. The Morgan fingerprint density at radius 1 is 1.19 bits per heavy atom. The van der Waals surface area contributed by atoms with Crippen molar-refractivity contribution in [1.29, 1.82) is 0 Å². The van der Waals surface area contributed by atoms with Crippen LogP contribution < -0.4 is 15.4 Å². The summed E-state index contributed by atoms with van der Waals surface area (Å²) < 4.78 is 10.4. The van der Waals surface area contributed by atoms with Gasteiger partial charge >= 0.3 is 6.09 Å². The molecule has 1 aromatic carbocycles. The van der Waals surface area contributed by atoms with Gasteiger partial charge in [-0.05, 0) is 18.6 Å². The molecule has 3 rings (SSSR count). The summed E-state index contributed by atoms with van der Waals surface area (Å²) in [4.78, 5) is 48.6. The van der Waals surface area contributed by atoms with Crippen molar-refractivity contribution < 1.29 is 28.7 Å². The molecule has 0 unspecified atom stereocenters. The zero-order chi connectivity index (χ0) is 22.2. The number of amides is 2. The molecule has 2 aromatic rings. The number of thioether (sulfide) groups is 1. The molecule has 2 amide bonds. The van der Waals surface area contributed by atoms with Crippen LogP contribution in [0.5, 0.6) is 5.75 Å². The molecule has 10 nitrogen and oxygen atoms in total. The van der Waals surface area contributed by atoms with Crippen LogP contribution in [0.2, 0.25) is 0 Å². The Morgan fingerprint density at radius 2 is 1.97 bits per heavy atom. The van der Waals surface area contributed by atoms with Crippen LogP contribution in [0.3, 0.4) is 0 Å². The highest BCUT2D eigenvalue weighted by molar-refractivity contribution is 8.04. The van der Waals surface area contributed by atoms with E-state index in [1.807, 2.05) is 6.07 Å². The predicted octanol–water partition coefficient (Wildman–Crippen LogP) is 1.92. The quantitative estimate of drug-likeness (QED) is 0.394. The van der Waals surface area contributed by atoms with Crippen LogP contribution in [0.4, 0.5) is 4.79 Å². The van der Waals surface area contributed by atoms with Crippen molar-refractivity contribution in [2.24, 2.45) is 0 Å². The van der Waals surface area contributed by atoms with E-state index in [9.17, 15) is 19.2 Å². The molecule has 1 aromatic heterocycles. The van der Waals surface area contributed by atoms with Crippen molar-refractivity contribution in [3.8, 4) is 5.75 Å². The minimum absolute atomic E-state index is 0.00766. The van der Waals surface area contributed by atoms with Crippen LogP contribution in [0.1, 0.15) is 37.8 Å². The topological polar surface area (TPSA) is 139 Å². The van der Waals surface area contributed by atoms with Gasteiger partial charge in [-0.1, -0.05) is 18.2 Å². The second kappa shape index (κ2) is 10.5. The van der Waals surface area contributed by atoms with Crippen LogP contribution in [0, 0.1) is 0 Å². The lowest BCUT2D eigenvalue weighted by molar-refractivity contribution is 0.0945. The summed E-state index contributed by atoms with van der Waals surface area (Å²) in [6.45, 7) is 0.304. The fourth-order valence-electron chi connectivity index (χ4n) is 2.67. The van der Waals surface area contributed by atoms with E-state index in [0.29, 0.717) is 24.5 Å². The maximum atomic E-state index is 12.7. The monoisotopic (exact) mass is 444 g/mol. The van der Waals surface area contributed by atoms with Crippen molar-refractivity contribution in [2.45, 2.75) is 6.42 Å². The van der Waals surface area contributed by atoms with Gasteiger partial charge in [0.05, 0.1) is 10.5 Å². The maximum Gasteiger partial charge on any atom is 0.414 e. The molecule has 11 heteroatoms. The third kappa shape index (κ3) is 5.58. The number of hydrogen-bond donors (Lipinski definition) is 3. The molecule has 0 saturated heterocycles. The molecule has 0 aliphatic heterocycles. The first-order valence-corrected chi connectivity index (χ1v) is 10.3. The molecule has 0 spiro atoms. The Labute approximate surface area is 181 Å². The van der Waals surface area contributed by atoms with E-state index < -0.39 is 23.6 Å². The van der Waals surface area contributed by atoms with E-state index in [4.69, 9.17) is 9.47 Å². The smallest absolute Gasteiger partial charge is 0.410 e. The molecule has 3 N–H and O–H groups in total. The largest absolute Gasteiger partial charge is 0.414 e. The number of carbonyl (C=O) groups is 4. The molecule has 0 bridgehead atoms. The fourth-order valence-corrected chi connectivity index (χ4v) is 3.58. The summed E-state index contributed by atoms with van der Waals surface area (Å²) in [6, 6.07) is 8.64. The number of benzene rings is 1. The third-order valence-corrected chi connectivity index (χ3v) is 5.24. The maximum absolute atomic E-state index is 12.7. The first-order chi connectivity index (χ1) is 15.0. The molecule has 31 heavy (non-hydrogen) atoms. The number of aromatic amines is 1. The first kappa shape index (κ1) is 22.2. The lowest BCUT2D eigenvalue weighted by Gasteiger charge is -2.12. The summed E-state index contributed by atoms with van der Waals surface area (Å²) in [6.07, 6.45) is 1.17. The van der Waals surface area contributed by atoms with Gasteiger partial charge in [-0.2, -0.15) is 5.10 Å². The SMILES string of the molecule is CNC(=O)c1[nH]nc2c1C(=O)C(SCCCOCNC(=O)Oc1ccccc1)=CC2=O. The highest BCUT2D eigenvalue weighted by Gasteiger charge is 2.33. The van der Waals surface area contributed by atoms with Gasteiger partial charge in [0.1, 0.15) is 23.9 Å². The Kier molecular flexibility index (Phi) is 7.57. The second-order valence-corrected chi connectivity index (χ2v) is 7.37. The van der Waals surface area contributed by atoms with E-state index in [2.05, 4.69) is 20.8 Å². The Morgan fingerprint density at radius 3 is 2.71 bits per heavy atom. The van der Waals surface area contributed by atoms with Crippen LogP contribution in [0.15, 0.2) is 41.3 Å². The highest BCUT2D eigenvalue weighted by Crippen LogP contribution is 2.29. The molecule has 1 heterocycles. The molecular weight excluding hydrogens is 424 g/mol. The van der Waals surface area contributed by atoms with E-state index >= 15 is 0 Å². The number of carbonyl (C=O) groups excluding carboxylic acids is 4. The van der Waals surface area contributed by atoms with Crippen LogP contribution in [-0.4, -0.2) is 59.9 Å². The van der Waals surface area contributed by atoms with Gasteiger partial charge in [-0.25, -0.2) is 4.79 Å². The van der Waals surface area contributed by atoms with Crippen molar-refractivity contribution in [3.63, 3.8) is 0 Å². The van der Waals surface area contributed by atoms with E-state index in [0.717, 1.165) is 0 Å². The average Bonchev–Trinajstić information content (AvgIpc) is 3.22. The lowest BCUT2D eigenvalue weighted by atomic mass is 9.99. The Hall–Kier alpha value is -3.44. The number of rotatable bonds is 9. The van der Waals surface area contributed by atoms with Crippen LogP contribution >= 0.6 is 11.8 Å². The van der Waals surface area contributed by atoms with Crippen molar-refractivity contribution in [3.05, 3.63) is 58.3 Å². The summed E-state index contributed by atoms with van der Waals surface area (Å²) in [5.74, 6) is -0.439. The number of ketones is 2. The third-order valence-electron chi connectivity index (χ3n) is 4.13. The number of nitrogens with zero attached hydrogens (tertiary/aromatic N) is 1. The summed E-state index contributed by atoms with van der Waals surface area (Å²) in [5.41, 5.74) is -0.0877. The van der Waals surface area contributed by atoms with Crippen LogP contribution in [0.25, 0.3) is 0 Å². The van der Waals surface area contributed by atoms with Gasteiger partial charge in [0.15, 0.2) is 0 Å². The summed E-state index contributed by atoms with van der Waals surface area (Å²) in [7, 11) is 1.42. The molecule has 1 aliphatic rings. The minimum Gasteiger partial charge on any atom is -0.410 e. The molecule has 0 atom stereocenters. The number of H-pyrrole nitrogens is 1. The van der Waals surface area contributed by atoms with E-state index in [1.165, 1.54) is 24.9 Å². The fraction of sp³-hybridized carbons (Fsp3) is 0.250. The molecular formula is C20H20N4O6S. The Balaban J connectivity index is 1.39. The van der Waals surface area contributed by atoms with E-state index in [-0.39, 0.29) is 28.6 Å². The molecule has 0 saturated carbocycles. The number of fused-ring (bicyclic) bond motifs is 1. The number of nitrogens with one attached hydrogen (secondary N) is 3. The van der Waals surface area contributed by atoms with Gasteiger partial charge in [-0.3, -0.25) is 24.8 Å². The van der Waals surface area contributed by atoms with Crippen LogP contribution in [-0.2, 0) is 4.74 Å². The molecule has 0 radical (unpaired) electrons. The molecule has 1 aliphatic carbocycles. The summed E-state index contributed by atoms with van der Waals surface area (Å²) in [5, 5.41) is 11.1. The van der Waals surface area contributed by atoms with Crippen molar-refractivity contribution in [1.82, 2.24) is 20.8 Å². The van der Waals surface area contributed by atoms with Gasteiger partial charge in [0, 0.05) is 25.5 Å². The van der Waals surface area contributed by atoms with Gasteiger partial charge in [-0.15, -0.1) is 11.8 Å². The minimum atomic E-state index is -0.625. The van der Waals surface area contributed by atoms with Gasteiger partial charge in [0.25, 0.3) is 5.91 Å². The average molecular weight is 444 g/mol. The first-order valence-electron chi connectivity index (χ1n) is 9.33. The number of para-hydroxylation sites is 1. The highest BCUT2D eigenvalue weighted by atomic mass is 32.2.